The van der Waals surface area contributed by atoms with Gasteiger partial charge in [-0.25, -0.2) is 8.42 Å². The van der Waals surface area contributed by atoms with E-state index in [1.807, 2.05) is 12.1 Å². The van der Waals surface area contributed by atoms with E-state index in [1.54, 1.807) is 24.3 Å². The van der Waals surface area contributed by atoms with Gasteiger partial charge in [-0.3, -0.25) is 0 Å². The molecule has 1 heterocycles. The second-order valence-corrected chi connectivity index (χ2v) is 7.12. The van der Waals surface area contributed by atoms with Crippen LogP contribution in [-0.4, -0.2) is 38.9 Å². The van der Waals surface area contributed by atoms with Gasteiger partial charge in [-0.15, -0.1) is 12.4 Å². The van der Waals surface area contributed by atoms with Gasteiger partial charge in [0.2, 0.25) is 10.0 Å². The van der Waals surface area contributed by atoms with Crippen molar-refractivity contribution in [1.82, 2.24) is 9.62 Å². The molecule has 0 atom stereocenters. The Balaban J connectivity index is 0.00000161. The molecule has 1 aliphatic heterocycles. The van der Waals surface area contributed by atoms with Gasteiger partial charge in [0, 0.05) is 36.6 Å². The van der Waals surface area contributed by atoms with E-state index in [0.717, 1.165) is 10.8 Å². The van der Waals surface area contributed by atoms with Crippen molar-refractivity contribution in [3.8, 4) is 0 Å². The van der Waals surface area contributed by atoms with Crippen molar-refractivity contribution >= 4 is 44.8 Å². The maximum atomic E-state index is 12.6. The fourth-order valence-corrected chi connectivity index (χ4v) is 4.14. The number of sulfonamides is 1. The summed E-state index contributed by atoms with van der Waals surface area (Å²) in [4.78, 5) is 0.328. The molecular formula is C14H16Cl2N2O2S. The number of benzene rings is 2. The van der Waals surface area contributed by atoms with Crippen LogP contribution in [0.1, 0.15) is 0 Å². The van der Waals surface area contributed by atoms with Crippen molar-refractivity contribution in [3.05, 3.63) is 41.4 Å². The van der Waals surface area contributed by atoms with E-state index in [0.29, 0.717) is 36.1 Å². The summed E-state index contributed by atoms with van der Waals surface area (Å²) in [5.41, 5.74) is 0. The summed E-state index contributed by atoms with van der Waals surface area (Å²) in [7, 11) is -3.42. The van der Waals surface area contributed by atoms with E-state index < -0.39 is 10.0 Å². The van der Waals surface area contributed by atoms with Gasteiger partial charge in [0.05, 0.1) is 4.90 Å². The average Bonchev–Trinajstić information content (AvgIpc) is 2.48. The topological polar surface area (TPSA) is 49.4 Å². The second kappa shape index (κ2) is 6.50. The molecule has 7 heteroatoms. The molecule has 0 aliphatic carbocycles. The normalized spacial score (nSPS) is 16.6. The molecule has 0 spiro atoms. The highest BCUT2D eigenvalue weighted by atomic mass is 35.5. The third kappa shape index (κ3) is 3.17. The van der Waals surface area contributed by atoms with Crippen molar-refractivity contribution in [1.29, 1.82) is 0 Å². The summed E-state index contributed by atoms with van der Waals surface area (Å²) >= 11 is 6.10. The van der Waals surface area contributed by atoms with Gasteiger partial charge >= 0.3 is 0 Å². The predicted molar refractivity (Wildman–Crippen MR) is 87.8 cm³/mol. The van der Waals surface area contributed by atoms with Crippen molar-refractivity contribution in [2.75, 3.05) is 26.2 Å². The first-order chi connectivity index (χ1) is 9.59. The number of halogens is 2. The van der Waals surface area contributed by atoms with Gasteiger partial charge in [-0.2, -0.15) is 4.31 Å². The molecule has 1 N–H and O–H groups in total. The minimum Gasteiger partial charge on any atom is -0.314 e. The number of piperazine rings is 1. The Kier molecular flexibility index (Phi) is 5.11. The monoisotopic (exact) mass is 346 g/mol. The van der Waals surface area contributed by atoms with Gasteiger partial charge < -0.3 is 5.32 Å². The third-order valence-corrected chi connectivity index (χ3v) is 5.74. The van der Waals surface area contributed by atoms with Crippen LogP contribution in [0, 0.1) is 0 Å². The van der Waals surface area contributed by atoms with Crippen LogP contribution in [0.2, 0.25) is 5.02 Å². The summed E-state index contributed by atoms with van der Waals surface area (Å²) in [6.45, 7) is 2.41. The first-order valence-electron chi connectivity index (χ1n) is 6.48. The number of nitrogens with zero attached hydrogens (tertiary/aromatic N) is 1. The molecule has 3 rings (SSSR count). The van der Waals surface area contributed by atoms with E-state index in [-0.39, 0.29) is 12.4 Å². The largest absolute Gasteiger partial charge is 0.314 e. The molecule has 1 saturated heterocycles. The Morgan fingerprint density at radius 2 is 1.81 bits per heavy atom. The molecule has 1 aliphatic rings. The maximum Gasteiger partial charge on any atom is 0.243 e. The van der Waals surface area contributed by atoms with Crippen LogP contribution < -0.4 is 5.32 Å². The molecule has 0 amide bonds. The standard InChI is InChI=1S/C14H15ClN2O2S.ClH/c15-14-3-1-2-11-10-12(4-5-13(11)14)20(18,19)17-8-6-16-7-9-17;/h1-5,10,16H,6-9H2;1H. The van der Waals surface area contributed by atoms with Gasteiger partial charge in [0.15, 0.2) is 0 Å². The molecular weight excluding hydrogens is 331 g/mol. The molecule has 114 valence electrons. The maximum absolute atomic E-state index is 12.6. The SMILES string of the molecule is Cl.O=S(=O)(c1ccc2c(Cl)cccc2c1)N1CCNCC1. The van der Waals surface area contributed by atoms with Crippen LogP contribution in [0.15, 0.2) is 41.3 Å². The molecule has 0 unspecified atom stereocenters. The lowest BCUT2D eigenvalue weighted by molar-refractivity contribution is 0.360. The first-order valence-corrected chi connectivity index (χ1v) is 8.30. The van der Waals surface area contributed by atoms with Crippen LogP contribution in [0.5, 0.6) is 0 Å². The number of nitrogens with one attached hydrogen (secondary N) is 1. The molecule has 4 nitrogen and oxygen atoms in total. The summed E-state index contributed by atoms with van der Waals surface area (Å²) in [6, 6.07) is 10.6. The van der Waals surface area contributed by atoms with E-state index in [2.05, 4.69) is 5.32 Å². The zero-order valence-electron chi connectivity index (χ0n) is 11.3. The van der Waals surface area contributed by atoms with Gasteiger partial charge in [-0.1, -0.05) is 29.8 Å². The first kappa shape index (κ1) is 16.5. The molecule has 0 bridgehead atoms. The minimum atomic E-state index is -3.42. The number of hydrogen-bond donors (Lipinski definition) is 1. The fourth-order valence-electron chi connectivity index (χ4n) is 2.42. The average molecular weight is 347 g/mol. The molecule has 2 aromatic rings. The molecule has 0 radical (unpaired) electrons. The number of fused-ring (bicyclic) bond motifs is 1. The zero-order chi connectivity index (χ0) is 14.2. The molecule has 2 aromatic carbocycles. The molecule has 0 saturated carbocycles. The predicted octanol–water partition coefficient (Wildman–Crippen LogP) is 2.51. The number of rotatable bonds is 2. The highest BCUT2D eigenvalue weighted by molar-refractivity contribution is 7.89. The van der Waals surface area contributed by atoms with Gasteiger partial charge in [0.25, 0.3) is 0 Å². The lowest BCUT2D eigenvalue weighted by Gasteiger charge is -2.26. The minimum absolute atomic E-state index is 0. The second-order valence-electron chi connectivity index (χ2n) is 4.78. The smallest absolute Gasteiger partial charge is 0.243 e. The van der Waals surface area contributed by atoms with Crippen LogP contribution in [0.4, 0.5) is 0 Å². The Hall–Kier alpha value is -0.850. The lowest BCUT2D eigenvalue weighted by Crippen LogP contribution is -2.46. The van der Waals surface area contributed by atoms with Crippen molar-refractivity contribution in [3.63, 3.8) is 0 Å². The summed E-state index contributed by atoms with van der Waals surface area (Å²) in [5, 5.41) is 5.50. The van der Waals surface area contributed by atoms with Crippen molar-refractivity contribution < 1.29 is 8.42 Å². The molecule has 21 heavy (non-hydrogen) atoms. The number of hydrogen-bond acceptors (Lipinski definition) is 3. The Labute approximate surface area is 135 Å². The molecule has 0 aromatic heterocycles. The fraction of sp³-hybridized carbons (Fsp3) is 0.286. The zero-order valence-corrected chi connectivity index (χ0v) is 13.6. The highest BCUT2D eigenvalue weighted by Gasteiger charge is 2.25. The Bertz CT molecular complexity index is 744. The summed E-state index contributed by atoms with van der Waals surface area (Å²) < 4.78 is 26.7. The van der Waals surface area contributed by atoms with E-state index in [1.165, 1.54) is 4.31 Å². The van der Waals surface area contributed by atoms with Crippen molar-refractivity contribution in [2.45, 2.75) is 4.90 Å². The van der Waals surface area contributed by atoms with E-state index in [4.69, 9.17) is 11.6 Å². The van der Waals surface area contributed by atoms with E-state index >= 15 is 0 Å². The van der Waals surface area contributed by atoms with Crippen molar-refractivity contribution in [2.24, 2.45) is 0 Å². The van der Waals surface area contributed by atoms with Gasteiger partial charge in [-0.05, 0) is 23.6 Å². The summed E-state index contributed by atoms with van der Waals surface area (Å²) in [5.74, 6) is 0. The quantitative estimate of drug-likeness (QED) is 0.908. The highest BCUT2D eigenvalue weighted by Crippen LogP contribution is 2.27. The van der Waals surface area contributed by atoms with Crippen LogP contribution in [0.25, 0.3) is 10.8 Å². The van der Waals surface area contributed by atoms with Crippen LogP contribution in [-0.2, 0) is 10.0 Å². The Morgan fingerprint density at radius 1 is 1.10 bits per heavy atom. The van der Waals surface area contributed by atoms with Gasteiger partial charge in [0.1, 0.15) is 0 Å². The Morgan fingerprint density at radius 3 is 2.52 bits per heavy atom. The van der Waals surface area contributed by atoms with E-state index in [9.17, 15) is 8.42 Å². The van der Waals surface area contributed by atoms with Crippen LogP contribution >= 0.6 is 24.0 Å². The van der Waals surface area contributed by atoms with Crippen LogP contribution in [0.3, 0.4) is 0 Å². The third-order valence-electron chi connectivity index (χ3n) is 3.51. The molecule has 1 fully saturated rings. The lowest BCUT2D eigenvalue weighted by atomic mass is 10.1. The summed E-state index contributed by atoms with van der Waals surface area (Å²) in [6.07, 6.45) is 0.